The molecule has 6 nitrogen and oxygen atoms in total. The van der Waals surface area contributed by atoms with Crippen molar-refractivity contribution in [1.29, 1.82) is 0 Å². The molecule has 0 spiro atoms. The number of primary amides is 1. The van der Waals surface area contributed by atoms with E-state index in [0.717, 1.165) is 12.8 Å². The molecule has 0 aliphatic heterocycles. The summed E-state index contributed by atoms with van der Waals surface area (Å²) in [5, 5.41) is 2.77. The molecule has 8 heteroatoms. The Bertz CT molecular complexity index is 402. The van der Waals surface area contributed by atoms with E-state index in [1.54, 1.807) is 0 Å². The average molecular weight is 314 g/mol. The number of amides is 1. The Morgan fingerprint density at radius 3 is 2.21 bits per heavy atom. The molecule has 0 aromatic heterocycles. The Morgan fingerprint density at radius 1 is 1.32 bits per heavy atom. The molecule has 0 unspecified atom stereocenters. The first kappa shape index (κ1) is 18.6. The van der Waals surface area contributed by atoms with Gasteiger partial charge in [-0.25, -0.2) is 13.1 Å². The van der Waals surface area contributed by atoms with Crippen molar-refractivity contribution in [3.8, 4) is 0 Å². The van der Waals surface area contributed by atoms with Crippen LogP contribution in [0.2, 0.25) is 0 Å². The molecule has 114 valence electrons. The predicted octanol–water partition coefficient (Wildman–Crippen LogP) is -0.0204. The monoisotopic (exact) mass is 313 g/mol. The van der Waals surface area contributed by atoms with E-state index in [4.69, 9.17) is 5.73 Å². The van der Waals surface area contributed by atoms with Crippen LogP contribution >= 0.6 is 12.4 Å². The minimum Gasteiger partial charge on any atom is -0.368 e. The van der Waals surface area contributed by atoms with Crippen LogP contribution in [0.5, 0.6) is 0 Å². The molecule has 0 saturated heterocycles. The molecule has 1 atom stereocenters. The minimum atomic E-state index is -3.15. The smallest absolute Gasteiger partial charge is 0.235 e. The Labute approximate surface area is 121 Å². The van der Waals surface area contributed by atoms with E-state index < -0.39 is 22.0 Å². The van der Waals surface area contributed by atoms with Crippen molar-refractivity contribution >= 4 is 28.3 Å². The number of carbonyl (C=O) groups excluding carboxylic acids is 1. The van der Waals surface area contributed by atoms with Crippen LogP contribution in [0.1, 0.15) is 33.6 Å². The highest BCUT2D eigenvalue weighted by Crippen LogP contribution is 2.27. The van der Waals surface area contributed by atoms with Crippen LogP contribution in [0.3, 0.4) is 0 Å². The fourth-order valence-electron chi connectivity index (χ4n) is 1.74. The van der Waals surface area contributed by atoms with Crippen molar-refractivity contribution in [3.63, 3.8) is 0 Å². The number of hydrogen-bond acceptors (Lipinski definition) is 4. The van der Waals surface area contributed by atoms with E-state index in [9.17, 15) is 13.2 Å². The van der Waals surface area contributed by atoms with Gasteiger partial charge in [0, 0.05) is 13.1 Å². The van der Waals surface area contributed by atoms with Gasteiger partial charge in [-0.1, -0.05) is 20.8 Å². The van der Waals surface area contributed by atoms with E-state index in [0.29, 0.717) is 6.54 Å². The van der Waals surface area contributed by atoms with Gasteiger partial charge in [-0.05, 0) is 18.3 Å². The maximum absolute atomic E-state index is 11.5. The van der Waals surface area contributed by atoms with Crippen molar-refractivity contribution in [1.82, 2.24) is 10.0 Å². The summed E-state index contributed by atoms with van der Waals surface area (Å²) in [7, 11) is -3.15. The highest BCUT2D eigenvalue weighted by molar-refractivity contribution is 7.90. The molecule has 1 rings (SSSR count). The first-order chi connectivity index (χ1) is 8.14. The lowest BCUT2D eigenvalue weighted by Gasteiger charge is -2.28. The highest BCUT2D eigenvalue weighted by Gasteiger charge is 2.35. The first-order valence-corrected chi connectivity index (χ1v) is 7.70. The molecule has 0 bridgehead atoms. The molecule has 4 N–H and O–H groups in total. The summed E-state index contributed by atoms with van der Waals surface area (Å²) in [6.45, 7) is 6.38. The molecule has 0 radical (unpaired) electrons. The van der Waals surface area contributed by atoms with Gasteiger partial charge < -0.3 is 11.1 Å². The van der Waals surface area contributed by atoms with Crippen LogP contribution < -0.4 is 15.8 Å². The number of carbonyl (C=O) groups is 1. The quantitative estimate of drug-likeness (QED) is 0.575. The van der Waals surface area contributed by atoms with E-state index in [1.165, 1.54) is 0 Å². The summed E-state index contributed by atoms with van der Waals surface area (Å²) >= 11 is 0. The van der Waals surface area contributed by atoms with Gasteiger partial charge in [0.25, 0.3) is 0 Å². The van der Waals surface area contributed by atoms with Crippen LogP contribution in [0, 0.1) is 5.41 Å². The lowest BCUT2D eigenvalue weighted by molar-refractivity contribution is -0.122. The summed E-state index contributed by atoms with van der Waals surface area (Å²) in [5.41, 5.74) is 5.02. The number of nitrogens with two attached hydrogens (primary N) is 1. The zero-order chi connectivity index (χ0) is 14.0. The molecule has 0 aromatic carbocycles. The molecule has 0 aromatic rings. The number of nitrogens with one attached hydrogen (secondary N) is 2. The fraction of sp³-hybridized carbons (Fsp3) is 0.909. The fourth-order valence-corrected chi connectivity index (χ4v) is 3.12. The van der Waals surface area contributed by atoms with Crippen molar-refractivity contribution in [2.75, 3.05) is 13.1 Å². The van der Waals surface area contributed by atoms with Crippen LogP contribution in [-0.2, 0) is 14.8 Å². The lowest BCUT2D eigenvalue weighted by Crippen LogP contribution is -2.51. The molecular formula is C11H24ClN3O3S. The van der Waals surface area contributed by atoms with Crippen LogP contribution in [0.15, 0.2) is 0 Å². The van der Waals surface area contributed by atoms with Gasteiger partial charge in [0.05, 0.1) is 11.3 Å². The molecule has 1 aliphatic rings. The molecule has 1 saturated carbocycles. The minimum absolute atomic E-state index is 0. The third-order valence-corrected chi connectivity index (χ3v) is 4.85. The van der Waals surface area contributed by atoms with Crippen molar-refractivity contribution < 1.29 is 13.2 Å². The number of hydrogen-bond donors (Lipinski definition) is 3. The van der Waals surface area contributed by atoms with Crippen molar-refractivity contribution in [2.45, 2.75) is 44.9 Å². The average Bonchev–Trinajstić information content (AvgIpc) is 2.97. The first-order valence-electron chi connectivity index (χ1n) is 6.16. The summed E-state index contributed by atoms with van der Waals surface area (Å²) in [4.78, 5) is 11.3. The third-order valence-electron chi connectivity index (χ3n) is 2.89. The van der Waals surface area contributed by atoms with Gasteiger partial charge >= 0.3 is 0 Å². The lowest BCUT2D eigenvalue weighted by atomic mass is 9.86. The second-order valence-electron chi connectivity index (χ2n) is 5.79. The molecular weight excluding hydrogens is 290 g/mol. The maximum Gasteiger partial charge on any atom is 0.235 e. The Hall–Kier alpha value is -0.370. The second-order valence-corrected chi connectivity index (χ2v) is 7.84. The predicted molar refractivity (Wildman–Crippen MR) is 77.6 cm³/mol. The summed E-state index contributed by atoms with van der Waals surface area (Å²) in [6, 6.07) is -0.470. The Morgan fingerprint density at radius 2 is 1.84 bits per heavy atom. The zero-order valence-electron chi connectivity index (χ0n) is 11.6. The summed E-state index contributed by atoms with van der Waals surface area (Å²) < 4.78 is 25.6. The largest absolute Gasteiger partial charge is 0.368 e. The third kappa shape index (κ3) is 6.07. The van der Waals surface area contributed by atoms with Gasteiger partial charge in [0.2, 0.25) is 15.9 Å². The van der Waals surface area contributed by atoms with Gasteiger partial charge in [-0.15, -0.1) is 12.4 Å². The molecule has 1 fully saturated rings. The molecule has 1 aliphatic carbocycles. The van der Waals surface area contributed by atoms with E-state index in [1.807, 2.05) is 20.8 Å². The van der Waals surface area contributed by atoms with E-state index in [-0.39, 0.29) is 29.6 Å². The SMILES string of the molecule is CC(C)(C)[C@H](NCCNS(=O)(=O)C1CC1)C(N)=O.Cl. The summed E-state index contributed by atoms with van der Waals surface area (Å²) in [6.07, 6.45) is 1.49. The highest BCUT2D eigenvalue weighted by atomic mass is 35.5. The normalized spacial score (nSPS) is 17.6. The van der Waals surface area contributed by atoms with Crippen molar-refractivity contribution in [2.24, 2.45) is 11.1 Å². The van der Waals surface area contributed by atoms with Gasteiger partial charge in [0.15, 0.2) is 0 Å². The standard InChI is InChI=1S/C11H23N3O3S.ClH/c1-11(2,3)9(10(12)15)13-6-7-14-18(16,17)8-4-5-8;/h8-9,13-14H,4-7H2,1-3H3,(H2,12,15);1H/t9-;/m1./s1. The topological polar surface area (TPSA) is 101 Å². The van der Waals surface area contributed by atoms with Crippen molar-refractivity contribution in [3.05, 3.63) is 0 Å². The zero-order valence-corrected chi connectivity index (χ0v) is 13.2. The second kappa shape index (κ2) is 6.88. The van der Waals surface area contributed by atoms with E-state index >= 15 is 0 Å². The number of halogens is 1. The van der Waals surface area contributed by atoms with Crippen LogP contribution in [0.25, 0.3) is 0 Å². The number of sulfonamides is 1. The molecule has 1 amide bonds. The number of rotatable bonds is 7. The Kier molecular flexibility index (Phi) is 6.74. The van der Waals surface area contributed by atoms with Crippen LogP contribution in [0.4, 0.5) is 0 Å². The summed E-state index contributed by atoms with van der Waals surface area (Å²) in [5.74, 6) is -0.424. The molecule has 19 heavy (non-hydrogen) atoms. The van der Waals surface area contributed by atoms with E-state index in [2.05, 4.69) is 10.0 Å². The van der Waals surface area contributed by atoms with Gasteiger partial charge in [0.1, 0.15) is 0 Å². The Balaban J connectivity index is 0.00000324. The van der Waals surface area contributed by atoms with Crippen LogP contribution in [-0.4, -0.2) is 38.7 Å². The maximum atomic E-state index is 11.5. The van der Waals surface area contributed by atoms with Gasteiger partial charge in [-0.2, -0.15) is 0 Å². The molecule has 0 heterocycles. The van der Waals surface area contributed by atoms with Gasteiger partial charge in [-0.3, -0.25) is 4.79 Å².